The van der Waals surface area contributed by atoms with E-state index in [2.05, 4.69) is 31.2 Å². The smallest absolute Gasteiger partial charge is 0.126 e. The molecule has 0 saturated heterocycles. The molecule has 0 nitrogen and oxygen atoms in total. The Bertz CT molecular complexity index is 512. The lowest BCUT2D eigenvalue weighted by Crippen LogP contribution is -1.92. The molecule has 2 aromatic carbocycles. The molecule has 0 aromatic heterocycles. The maximum absolute atomic E-state index is 13.1. The standard InChI is InChI=1S/C17H19F/c1-13-6-8-15(9-7-13)4-3-5-16-10-11-17(18)14(2)12-16/h6-12H,3-5H2,1-2H3. The predicted octanol–water partition coefficient (Wildman–Crippen LogP) is 4.62. The van der Waals surface area contributed by atoms with Crippen molar-refractivity contribution in [1.29, 1.82) is 0 Å². The number of hydrogen-bond acceptors (Lipinski definition) is 0. The van der Waals surface area contributed by atoms with Gasteiger partial charge in [-0.25, -0.2) is 4.39 Å². The van der Waals surface area contributed by atoms with Crippen molar-refractivity contribution in [2.24, 2.45) is 0 Å². The van der Waals surface area contributed by atoms with Gasteiger partial charge in [0.1, 0.15) is 5.82 Å². The van der Waals surface area contributed by atoms with Crippen LogP contribution in [0.5, 0.6) is 0 Å². The fourth-order valence-corrected chi connectivity index (χ4v) is 2.11. The zero-order valence-electron chi connectivity index (χ0n) is 11.0. The van der Waals surface area contributed by atoms with Crippen LogP contribution in [0.4, 0.5) is 4.39 Å². The van der Waals surface area contributed by atoms with Crippen molar-refractivity contribution in [2.45, 2.75) is 33.1 Å². The molecule has 0 radical (unpaired) electrons. The maximum atomic E-state index is 13.1. The van der Waals surface area contributed by atoms with Crippen molar-refractivity contribution in [3.63, 3.8) is 0 Å². The molecule has 2 aromatic rings. The highest BCUT2D eigenvalue weighted by atomic mass is 19.1. The molecule has 2 rings (SSSR count). The van der Waals surface area contributed by atoms with E-state index in [0.29, 0.717) is 0 Å². The molecule has 0 heterocycles. The van der Waals surface area contributed by atoms with Gasteiger partial charge in [-0.2, -0.15) is 0 Å². The van der Waals surface area contributed by atoms with Gasteiger partial charge in [0.05, 0.1) is 0 Å². The Morgan fingerprint density at radius 2 is 1.44 bits per heavy atom. The summed E-state index contributed by atoms with van der Waals surface area (Å²) in [5.41, 5.74) is 4.64. The summed E-state index contributed by atoms with van der Waals surface area (Å²) in [5.74, 6) is -0.114. The third-order valence-corrected chi connectivity index (χ3v) is 3.27. The molecule has 0 N–H and O–H groups in total. The molecule has 1 heteroatoms. The van der Waals surface area contributed by atoms with Crippen LogP contribution >= 0.6 is 0 Å². The average Bonchev–Trinajstić information content (AvgIpc) is 2.36. The van der Waals surface area contributed by atoms with Crippen LogP contribution in [0.25, 0.3) is 0 Å². The van der Waals surface area contributed by atoms with Gasteiger partial charge in [-0.1, -0.05) is 42.0 Å². The van der Waals surface area contributed by atoms with Crippen molar-refractivity contribution in [3.8, 4) is 0 Å². The summed E-state index contributed by atoms with van der Waals surface area (Å²) in [6.45, 7) is 3.92. The second kappa shape index (κ2) is 5.81. The van der Waals surface area contributed by atoms with Gasteiger partial charge in [-0.05, 0) is 55.9 Å². The number of aryl methyl sites for hydroxylation is 4. The minimum Gasteiger partial charge on any atom is -0.207 e. The van der Waals surface area contributed by atoms with Crippen LogP contribution in [0.2, 0.25) is 0 Å². The molecule has 0 unspecified atom stereocenters. The first-order valence-corrected chi connectivity index (χ1v) is 6.46. The Kier molecular flexibility index (Phi) is 4.14. The Morgan fingerprint density at radius 3 is 2.11 bits per heavy atom. The first kappa shape index (κ1) is 12.8. The van der Waals surface area contributed by atoms with E-state index in [1.54, 1.807) is 6.07 Å². The lowest BCUT2D eigenvalue weighted by molar-refractivity contribution is 0.617. The number of halogens is 1. The second-order valence-electron chi connectivity index (χ2n) is 4.92. The molecule has 0 aliphatic carbocycles. The average molecular weight is 242 g/mol. The number of hydrogen-bond donors (Lipinski definition) is 0. The fraction of sp³-hybridized carbons (Fsp3) is 0.294. The Hall–Kier alpha value is -1.63. The third-order valence-electron chi connectivity index (χ3n) is 3.27. The predicted molar refractivity (Wildman–Crippen MR) is 74.3 cm³/mol. The van der Waals surface area contributed by atoms with Gasteiger partial charge >= 0.3 is 0 Å². The maximum Gasteiger partial charge on any atom is 0.126 e. The van der Waals surface area contributed by atoms with E-state index < -0.39 is 0 Å². The Balaban J connectivity index is 1.88. The third kappa shape index (κ3) is 3.43. The second-order valence-corrected chi connectivity index (χ2v) is 4.92. The first-order valence-electron chi connectivity index (χ1n) is 6.46. The largest absolute Gasteiger partial charge is 0.207 e. The van der Waals surface area contributed by atoms with Gasteiger partial charge in [0.25, 0.3) is 0 Å². The van der Waals surface area contributed by atoms with Crippen molar-refractivity contribution in [3.05, 3.63) is 70.5 Å². The first-order chi connectivity index (χ1) is 8.65. The summed E-state index contributed by atoms with van der Waals surface area (Å²) in [7, 11) is 0. The molecule has 0 atom stereocenters. The van der Waals surface area contributed by atoms with Crippen molar-refractivity contribution in [1.82, 2.24) is 0 Å². The van der Waals surface area contributed by atoms with Gasteiger partial charge < -0.3 is 0 Å². The van der Waals surface area contributed by atoms with Gasteiger partial charge in [0.15, 0.2) is 0 Å². The molecule has 0 bridgehead atoms. The van der Waals surface area contributed by atoms with Crippen molar-refractivity contribution < 1.29 is 4.39 Å². The molecule has 18 heavy (non-hydrogen) atoms. The number of benzene rings is 2. The molecular weight excluding hydrogens is 223 g/mol. The quantitative estimate of drug-likeness (QED) is 0.734. The van der Waals surface area contributed by atoms with Crippen LogP contribution in [0, 0.1) is 19.7 Å². The van der Waals surface area contributed by atoms with Gasteiger partial charge in [-0.3, -0.25) is 0 Å². The van der Waals surface area contributed by atoms with Crippen LogP contribution in [0.15, 0.2) is 42.5 Å². The molecule has 0 aliphatic rings. The fourth-order valence-electron chi connectivity index (χ4n) is 2.11. The summed E-state index contributed by atoms with van der Waals surface area (Å²) in [4.78, 5) is 0. The molecular formula is C17H19F. The lowest BCUT2D eigenvalue weighted by Gasteiger charge is -2.04. The van der Waals surface area contributed by atoms with Gasteiger partial charge in [0.2, 0.25) is 0 Å². The van der Waals surface area contributed by atoms with Crippen molar-refractivity contribution >= 4 is 0 Å². The molecule has 0 aliphatic heterocycles. The summed E-state index contributed by atoms with van der Waals surface area (Å²) in [6.07, 6.45) is 3.19. The summed E-state index contributed by atoms with van der Waals surface area (Å²) in [5, 5.41) is 0. The van der Waals surface area contributed by atoms with Crippen LogP contribution in [-0.4, -0.2) is 0 Å². The number of rotatable bonds is 4. The Morgan fingerprint density at radius 1 is 0.833 bits per heavy atom. The molecule has 94 valence electrons. The van der Waals surface area contributed by atoms with E-state index in [1.807, 2.05) is 19.1 Å². The monoisotopic (exact) mass is 242 g/mol. The highest BCUT2D eigenvalue weighted by molar-refractivity contribution is 5.25. The molecule has 0 amide bonds. The van der Waals surface area contributed by atoms with E-state index in [4.69, 9.17) is 0 Å². The van der Waals surface area contributed by atoms with E-state index in [0.717, 1.165) is 24.8 Å². The lowest BCUT2D eigenvalue weighted by atomic mass is 10.0. The van der Waals surface area contributed by atoms with Gasteiger partial charge in [-0.15, -0.1) is 0 Å². The van der Waals surface area contributed by atoms with Crippen molar-refractivity contribution in [2.75, 3.05) is 0 Å². The zero-order chi connectivity index (χ0) is 13.0. The van der Waals surface area contributed by atoms with E-state index in [-0.39, 0.29) is 5.82 Å². The molecule has 0 fully saturated rings. The van der Waals surface area contributed by atoms with E-state index in [1.165, 1.54) is 16.7 Å². The Labute approximate surface area is 108 Å². The highest BCUT2D eigenvalue weighted by Crippen LogP contribution is 2.13. The normalized spacial score (nSPS) is 10.6. The van der Waals surface area contributed by atoms with Crippen LogP contribution in [0.3, 0.4) is 0 Å². The van der Waals surface area contributed by atoms with E-state index >= 15 is 0 Å². The minimum absolute atomic E-state index is 0.114. The van der Waals surface area contributed by atoms with Crippen LogP contribution in [0.1, 0.15) is 28.7 Å². The van der Waals surface area contributed by atoms with Crippen LogP contribution in [-0.2, 0) is 12.8 Å². The summed E-state index contributed by atoms with van der Waals surface area (Å²) in [6, 6.07) is 14.1. The van der Waals surface area contributed by atoms with Gasteiger partial charge in [0, 0.05) is 0 Å². The molecule has 0 saturated carbocycles. The SMILES string of the molecule is Cc1ccc(CCCc2ccc(F)c(C)c2)cc1. The minimum atomic E-state index is -0.114. The zero-order valence-corrected chi connectivity index (χ0v) is 11.0. The van der Waals surface area contributed by atoms with Crippen LogP contribution < -0.4 is 0 Å². The highest BCUT2D eigenvalue weighted by Gasteiger charge is 2.00. The molecule has 0 spiro atoms. The summed E-state index contributed by atoms with van der Waals surface area (Å²) < 4.78 is 13.1. The van der Waals surface area contributed by atoms with E-state index in [9.17, 15) is 4.39 Å². The summed E-state index contributed by atoms with van der Waals surface area (Å²) >= 11 is 0. The topological polar surface area (TPSA) is 0 Å².